The van der Waals surface area contributed by atoms with Gasteiger partial charge >= 0.3 is 6.09 Å². The molecule has 4 nitrogen and oxygen atoms in total. The molecule has 2 rings (SSSR count). The second-order valence-electron chi connectivity index (χ2n) is 6.82. The molecule has 0 radical (unpaired) electrons. The highest BCUT2D eigenvalue weighted by atomic mass is 19.1. The zero-order valence-corrected chi connectivity index (χ0v) is 13.4. The molecule has 1 saturated carbocycles. The van der Waals surface area contributed by atoms with Crippen molar-refractivity contribution in [2.24, 2.45) is 5.92 Å². The molecule has 1 fully saturated rings. The van der Waals surface area contributed by atoms with Crippen molar-refractivity contribution in [3.63, 3.8) is 0 Å². The third-order valence-corrected chi connectivity index (χ3v) is 3.49. The SMILES string of the molecule is CC(C)(C)OC(=O)N[C@H]1C[C@@H](COCc2ccc(F)cc2)C1. The van der Waals surface area contributed by atoms with Gasteiger partial charge in [0.1, 0.15) is 11.4 Å². The first-order valence-electron chi connectivity index (χ1n) is 7.63. The Bertz CT molecular complexity index is 490. The van der Waals surface area contributed by atoms with E-state index in [1.807, 2.05) is 20.8 Å². The minimum atomic E-state index is -0.467. The molecule has 1 N–H and O–H groups in total. The van der Waals surface area contributed by atoms with Crippen molar-refractivity contribution in [3.05, 3.63) is 35.6 Å². The van der Waals surface area contributed by atoms with Gasteiger partial charge < -0.3 is 14.8 Å². The number of hydrogen-bond acceptors (Lipinski definition) is 3. The number of nitrogens with one attached hydrogen (secondary N) is 1. The van der Waals surface area contributed by atoms with E-state index in [9.17, 15) is 9.18 Å². The number of alkyl carbamates (subject to hydrolysis) is 1. The van der Waals surface area contributed by atoms with Crippen molar-refractivity contribution >= 4 is 6.09 Å². The Kier molecular flexibility index (Phi) is 5.40. The number of rotatable bonds is 5. The van der Waals surface area contributed by atoms with Gasteiger partial charge in [0.15, 0.2) is 0 Å². The van der Waals surface area contributed by atoms with Gasteiger partial charge in [-0.25, -0.2) is 9.18 Å². The molecule has 1 aliphatic rings. The molecule has 1 aromatic carbocycles. The molecule has 0 unspecified atom stereocenters. The second-order valence-corrected chi connectivity index (χ2v) is 6.82. The van der Waals surface area contributed by atoms with Gasteiger partial charge in [-0.2, -0.15) is 0 Å². The van der Waals surface area contributed by atoms with Crippen molar-refractivity contribution in [1.82, 2.24) is 5.32 Å². The van der Waals surface area contributed by atoms with Crippen LogP contribution in [-0.2, 0) is 16.1 Å². The first-order valence-corrected chi connectivity index (χ1v) is 7.63. The van der Waals surface area contributed by atoms with Crippen LogP contribution in [0.2, 0.25) is 0 Å². The lowest BCUT2D eigenvalue weighted by molar-refractivity contribution is 0.0282. The third-order valence-electron chi connectivity index (χ3n) is 3.49. The smallest absolute Gasteiger partial charge is 0.407 e. The summed E-state index contributed by atoms with van der Waals surface area (Å²) in [6.45, 7) is 6.68. The highest BCUT2D eigenvalue weighted by Crippen LogP contribution is 2.28. The van der Waals surface area contributed by atoms with Gasteiger partial charge in [-0.1, -0.05) is 12.1 Å². The molecule has 1 amide bonds. The van der Waals surface area contributed by atoms with Crippen LogP contribution in [0, 0.1) is 11.7 Å². The molecule has 0 atom stereocenters. The van der Waals surface area contributed by atoms with Crippen LogP contribution in [0.1, 0.15) is 39.2 Å². The zero-order chi connectivity index (χ0) is 16.2. The lowest BCUT2D eigenvalue weighted by Crippen LogP contribution is -2.47. The summed E-state index contributed by atoms with van der Waals surface area (Å²) in [5.41, 5.74) is 0.495. The second kappa shape index (κ2) is 7.09. The number of halogens is 1. The Balaban J connectivity index is 1.58. The summed E-state index contributed by atoms with van der Waals surface area (Å²) in [5, 5.41) is 2.86. The normalized spacial score (nSPS) is 21.1. The molecule has 1 aromatic rings. The summed E-state index contributed by atoms with van der Waals surface area (Å²) in [6.07, 6.45) is 1.45. The maximum absolute atomic E-state index is 12.8. The Morgan fingerprint density at radius 1 is 1.27 bits per heavy atom. The van der Waals surface area contributed by atoms with E-state index in [0.29, 0.717) is 19.1 Å². The predicted molar refractivity (Wildman–Crippen MR) is 81.9 cm³/mol. The van der Waals surface area contributed by atoms with Gasteiger partial charge in [0.05, 0.1) is 6.61 Å². The Labute approximate surface area is 131 Å². The summed E-state index contributed by atoms with van der Waals surface area (Å²) in [4.78, 5) is 11.6. The number of ether oxygens (including phenoxy) is 2. The van der Waals surface area contributed by atoms with E-state index in [2.05, 4.69) is 5.32 Å². The molecule has 22 heavy (non-hydrogen) atoms. The molecular formula is C17H24FNO3. The van der Waals surface area contributed by atoms with E-state index < -0.39 is 5.60 Å². The molecule has 0 saturated heterocycles. The molecule has 122 valence electrons. The standard InChI is InChI=1S/C17H24FNO3/c1-17(2,3)22-16(20)19-15-8-13(9-15)11-21-10-12-4-6-14(18)7-5-12/h4-7,13,15H,8-11H2,1-3H3,(H,19,20)/t13-,15+. The molecule has 5 heteroatoms. The molecule has 0 spiro atoms. The Hall–Kier alpha value is -1.62. The van der Waals surface area contributed by atoms with Crippen LogP contribution in [0.4, 0.5) is 9.18 Å². The van der Waals surface area contributed by atoms with Crippen LogP contribution in [0.15, 0.2) is 24.3 Å². The van der Waals surface area contributed by atoms with Crippen molar-refractivity contribution < 1.29 is 18.7 Å². The highest BCUT2D eigenvalue weighted by Gasteiger charge is 2.31. The fourth-order valence-electron chi connectivity index (χ4n) is 2.39. The predicted octanol–water partition coefficient (Wildman–Crippen LogP) is 3.65. The number of hydrogen-bond donors (Lipinski definition) is 1. The minimum absolute atomic E-state index is 0.175. The largest absolute Gasteiger partial charge is 0.444 e. The quantitative estimate of drug-likeness (QED) is 0.903. The number of carbonyl (C=O) groups excluding carboxylic acids is 1. The van der Waals surface area contributed by atoms with Crippen molar-refractivity contribution in [3.8, 4) is 0 Å². The van der Waals surface area contributed by atoms with Gasteiger partial charge in [0, 0.05) is 12.6 Å². The van der Waals surface area contributed by atoms with Crippen LogP contribution in [0.3, 0.4) is 0 Å². The molecule has 0 aromatic heterocycles. The van der Waals surface area contributed by atoms with E-state index in [1.54, 1.807) is 12.1 Å². The van der Waals surface area contributed by atoms with Crippen molar-refractivity contribution in [2.45, 2.75) is 51.9 Å². The molecular weight excluding hydrogens is 285 g/mol. The zero-order valence-electron chi connectivity index (χ0n) is 13.4. The van der Waals surface area contributed by atoms with E-state index >= 15 is 0 Å². The van der Waals surface area contributed by atoms with Crippen LogP contribution < -0.4 is 5.32 Å². The Morgan fingerprint density at radius 3 is 2.50 bits per heavy atom. The Morgan fingerprint density at radius 2 is 1.91 bits per heavy atom. The van der Waals surface area contributed by atoms with Crippen LogP contribution in [0.25, 0.3) is 0 Å². The van der Waals surface area contributed by atoms with Crippen LogP contribution in [0.5, 0.6) is 0 Å². The molecule has 1 aliphatic carbocycles. The van der Waals surface area contributed by atoms with E-state index in [-0.39, 0.29) is 18.0 Å². The van der Waals surface area contributed by atoms with Crippen molar-refractivity contribution in [2.75, 3.05) is 6.61 Å². The van der Waals surface area contributed by atoms with Gasteiger partial charge in [-0.05, 0) is 57.2 Å². The monoisotopic (exact) mass is 309 g/mol. The molecule has 0 aliphatic heterocycles. The lowest BCUT2D eigenvalue weighted by Gasteiger charge is -2.36. The summed E-state index contributed by atoms with van der Waals surface area (Å²) in [5.74, 6) is 0.221. The minimum Gasteiger partial charge on any atom is -0.444 e. The highest BCUT2D eigenvalue weighted by molar-refractivity contribution is 5.68. The first kappa shape index (κ1) is 16.7. The number of carbonyl (C=O) groups is 1. The average molecular weight is 309 g/mol. The van der Waals surface area contributed by atoms with Gasteiger partial charge in [0.25, 0.3) is 0 Å². The molecule has 0 heterocycles. The van der Waals surface area contributed by atoms with E-state index in [1.165, 1.54) is 12.1 Å². The van der Waals surface area contributed by atoms with Gasteiger partial charge in [0.2, 0.25) is 0 Å². The van der Waals surface area contributed by atoms with E-state index in [0.717, 1.165) is 18.4 Å². The van der Waals surface area contributed by atoms with E-state index in [4.69, 9.17) is 9.47 Å². The summed E-state index contributed by atoms with van der Waals surface area (Å²) in [6, 6.07) is 6.49. The van der Waals surface area contributed by atoms with Crippen LogP contribution >= 0.6 is 0 Å². The summed E-state index contributed by atoms with van der Waals surface area (Å²) in [7, 11) is 0. The van der Waals surface area contributed by atoms with Gasteiger partial charge in [-0.3, -0.25) is 0 Å². The first-order chi connectivity index (χ1) is 10.3. The van der Waals surface area contributed by atoms with Crippen LogP contribution in [-0.4, -0.2) is 24.3 Å². The number of benzene rings is 1. The lowest BCUT2D eigenvalue weighted by atomic mass is 9.81. The topological polar surface area (TPSA) is 47.6 Å². The van der Waals surface area contributed by atoms with Gasteiger partial charge in [-0.15, -0.1) is 0 Å². The van der Waals surface area contributed by atoms with Crippen molar-refractivity contribution in [1.29, 1.82) is 0 Å². The fraction of sp³-hybridized carbons (Fsp3) is 0.588. The summed E-state index contributed by atoms with van der Waals surface area (Å²) < 4.78 is 23.6. The summed E-state index contributed by atoms with van der Waals surface area (Å²) >= 11 is 0. The fourth-order valence-corrected chi connectivity index (χ4v) is 2.39. The third kappa shape index (κ3) is 5.64. The maximum atomic E-state index is 12.8. The maximum Gasteiger partial charge on any atom is 0.407 e. The average Bonchev–Trinajstić information content (AvgIpc) is 2.35. The number of amides is 1. The molecule has 0 bridgehead atoms.